The van der Waals surface area contributed by atoms with Crippen LogP contribution < -0.4 is 4.18 Å². The molecule has 0 bridgehead atoms. The van der Waals surface area contributed by atoms with Gasteiger partial charge in [-0.1, -0.05) is 0 Å². The number of ether oxygens (including phenoxy) is 2. The number of rotatable bonds is 8. The second kappa shape index (κ2) is 8.91. The largest absolute Gasteiger partial charge is 0.534 e. The molecule has 0 radical (unpaired) electrons. The summed E-state index contributed by atoms with van der Waals surface area (Å²) >= 11 is 0. The van der Waals surface area contributed by atoms with E-state index < -0.39 is 56.8 Å². The van der Waals surface area contributed by atoms with Crippen LogP contribution in [0.15, 0.2) is 12.1 Å². The summed E-state index contributed by atoms with van der Waals surface area (Å²) in [5.41, 5.74) is -7.52. The molecule has 156 valence electrons. The third-order valence-electron chi connectivity index (χ3n) is 3.02. The fourth-order valence-electron chi connectivity index (χ4n) is 1.94. The van der Waals surface area contributed by atoms with Crippen LogP contribution >= 0.6 is 0 Å². The van der Waals surface area contributed by atoms with Crippen molar-refractivity contribution in [2.75, 3.05) is 13.2 Å². The summed E-state index contributed by atoms with van der Waals surface area (Å²) in [4.78, 5) is 35.0. The van der Waals surface area contributed by atoms with Gasteiger partial charge in [-0.15, -0.1) is 0 Å². The molecule has 0 heterocycles. The number of halogens is 3. The topological polar surface area (TPSA) is 133 Å². The molecule has 0 aromatic heterocycles. The summed E-state index contributed by atoms with van der Waals surface area (Å²) in [7, 11) is -6.19. The lowest BCUT2D eigenvalue weighted by molar-refractivity contribution is -0.136. The van der Waals surface area contributed by atoms with Crippen molar-refractivity contribution in [3.63, 3.8) is 0 Å². The van der Waals surface area contributed by atoms with Crippen molar-refractivity contribution in [3.05, 3.63) is 28.8 Å². The molecule has 1 aromatic rings. The Labute approximate surface area is 157 Å². The summed E-state index contributed by atoms with van der Waals surface area (Å²) in [6, 6.07) is 1.20. The molecule has 0 saturated heterocycles. The van der Waals surface area contributed by atoms with E-state index in [1.165, 1.54) is 13.8 Å². The van der Waals surface area contributed by atoms with Crippen LogP contribution in [-0.4, -0.2) is 50.2 Å². The van der Waals surface area contributed by atoms with E-state index in [1.807, 2.05) is 0 Å². The molecule has 13 heteroatoms. The van der Waals surface area contributed by atoms with Gasteiger partial charge in [0, 0.05) is 0 Å². The van der Waals surface area contributed by atoms with Gasteiger partial charge in [0.15, 0.2) is 5.75 Å². The Balaban J connectivity index is 3.69. The Kier molecular flexibility index (Phi) is 7.38. The number of hydrogen-bond acceptors (Lipinski definition) is 8. The highest BCUT2D eigenvalue weighted by Gasteiger charge is 2.49. The third-order valence-corrected chi connectivity index (χ3v) is 3.99. The Morgan fingerprint density at radius 3 is 1.93 bits per heavy atom. The van der Waals surface area contributed by atoms with Crippen molar-refractivity contribution in [3.8, 4) is 5.75 Å². The van der Waals surface area contributed by atoms with Crippen LogP contribution in [-0.2, 0) is 30.8 Å². The Bertz CT molecular complexity index is 875. The van der Waals surface area contributed by atoms with Crippen molar-refractivity contribution in [1.82, 2.24) is 0 Å². The lowest BCUT2D eigenvalue weighted by Gasteiger charge is -2.16. The molecule has 28 heavy (non-hydrogen) atoms. The minimum Gasteiger partial charge on any atom is -0.481 e. The molecular weight excluding hydrogens is 413 g/mol. The molecule has 0 aliphatic rings. The van der Waals surface area contributed by atoms with Crippen LogP contribution in [0.4, 0.5) is 13.2 Å². The first-order valence-electron chi connectivity index (χ1n) is 7.57. The van der Waals surface area contributed by atoms with E-state index in [0.717, 1.165) is 0 Å². The maximum Gasteiger partial charge on any atom is 0.534 e. The van der Waals surface area contributed by atoms with Gasteiger partial charge in [0.1, 0.15) is 5.56 Å². The Morgan fingerprint density at radius 1 is 1.00 bits per heavy atom. The molecule has 0 unspecified atom stereocenters. The van der Waals surface area contributed by atoms with Crippen molar-refractivity contribution < 1.29 is 54.7 Å². The third kappa shape index (κ3) is 5.58. The molecule has 0 aliphatic carbocycles. The minimum absolute atomic E-state index is 0.165. The molecule has 1 N–H and O–H groups in total. The number of alkyl halides is 3. The lowest BCUT2D eigenvalue weighted by Crippen LogP contribution is -2.29. The standard InChI is InChI=1S/C15H15F3O9S/c1-3-25-13(21)9-7-11(27-28(23,24)15(16,17)18)10(14(22)26-4-2)5-8(9)6-12(19)20/h5,7H,3-4,6H2,1-2H3,(H,19,20). The second-order valence-electron chi connectivity index (χ2n) is 5.00. The zero-order valence-corrected chi connectivity index (χ0v) is 15.3. The Morgan fingerprint density at radius 2 is 1.50 bits per heavy atom. The molecule has 1 aromatic carbocycles. The van der Waals surface area contributed by atoms with Gasteiger partial charge in [-0.25, -0.2) is 9.59 Å². The van der Waals surface area contributed by atoms with Crippen molar-refractivity contribution >= 4 is 28.0 Å². The van der Waals surface area contributed by atoms with E-state index in [-0.39, 0.29) is 18.8 Å². The van der Waals surface area contributed by atoms with Gasteiger partial charge in [0.25, 0.3) is 0 Å². The monoisotopic (exact) mass is 428 g/mol. The average Bonchev–Trinajstić information content (AvgIpc) is 2.54. The normalized spacial score (nSPS) is 11.6. The molecule has 0 fully saturated rings. The summed E-state index contributed by atoms with van der Waals surface area (Å²) in [5, 5.41) is 8.95. The van der Waals surface area contributed by atoms with E-state index in [4.69, 9.17) is 5.11 Å². The Hall–Kier alpha value is -2.83. The first-order valence-corrected chi connectivity index (χ1v) is 8.98. The highest BCUT2D eigenvalue weighted by atomic mass is 32.2. The number of carbonyl (C=O) groups excluding carboxylic acids is 2. The zero-order chi connectivity index (χ0) is 21.7. The SMILES string of the molecule is CCOC(=O)c1cc(OS(=O)(=O)C(F)(F)F)c(C(=O)OCC)cc1CC(=O)O. The van der Waals surface area contributed by atoms with Gasteiger partial charge in [-0.05, 0) is 31.5 Å². The fourth-order valence-corrected chi connectivity index (χ4v) is 2.40. The lowest BCUT2D eigenvalue weighted by atomic mass is 10.00. The van der Waals surface area contributed by atoms with E-state index in [0.29, 0.717) is 12.1 Å². The van der Waals surface area contributed by atoms with Gasteiger partial charge >= 0.3 is 33.5 Å². The van der Waals surface area contributed by atoms with Gasteiger partial charge in [-0.2, -0.15) is 21.6 Å². The number of benzene rings is 1. The summed E-state index contributed by atoms with van der Waals surface area (Å²) in [6.07, 6.45) is -0.813. The average molecular weight is 428 g/mol. The van der Waals surface area contributed by atoms with Crippen LogP contribution in [0.2, 0.25) is 0 Å². The number of hydrogen-bond donors (Lipinski definition) is 1. The summed E-state index contributed by atoms with van der Waals surface area (Å²) < 4.78 is 73.8. The van der Waals surface area contributed by atoms with Crippen LogP contribution in [0, 0.1) is 0 Å². The maximum absolute atomic E-state index is 12.6. The predicted molar refractivity (Wildman–Crippen MR) is 85.3 cm³/mol. The maximum atomic E-state index is 12.6. The number of carbonyl (C=O) groups is 3. The quantitative estimate of drug-likeness (QED) is 0.374. The molecule has 9 nitrogen and oxygen atoms in total. The fraction of sp³-hybridized carbons (Fsp3) is 0.400. The summed E-state index contributed by atoms with van der Waals surface area (Å²) in [5.74, 6) is -5.02. The van der Waals surface area contributed by atoms with Crippen LogP contribution in [0.25, 0.3) is 0 Å². The first-order chi connectivity index (χ1) is 12.8. The molecule has 0 aliphatic heterocycles. The van der Waals surface area contributed by atoms with Crippen molar-refractivity contribution in [2.24, 2.45) is 0 Å². The molecule has 0 atom stereocenters. The second-order valence-corrected chi connectivity index (χ2v) is 6.54. The number of carboxylic acid groups (broad SMARTS) is 1. The molecule has 0 saturated carbocycles. The van der Waals surface area contributed by atoms with Crippen LogP contribution in [0.3, 0.4) is 0 Å². The van der Waals surface area contributed by atoms with Crippen LogP contribution in [0.1, 0.15) is 40.1 Å². The number of esters is 2. The van der Waals surface area contributed by atoms with E-state index >= 15 is 0 Å². The first kappa shape index (κ1) is 23.2. The molecule has 0 amide bonds. The van der Waals surface area contributed by atoms with Crippen molar-refractivity contribution in [2.45, 2.75) is 25.8 Å². The minimum atomic E-state index is -6.19. The highest BCUT2D eigenvalue weighted by Crippen LogP contribution is 2.32. The van der Waals surface area contributed by atoms with Gasteiger partial charge < -0.3 is 18.8 Å². The van der Waals surface area contributed by atoms with E-state index in [2.05, 4.69) is 13.7 Å². The van der Waals surface area contributed by atoms with Crippen molar-refractivity contribution in [1.29, 1.82) is 0 Å². The van der Waals surface area contributed by atoms with Gasteiger partial charge in [0.05, 0.1) is 25.2 Å². The van der Waals surface area contributed by atoms with Gasteiger partial charge in [-0.3, -0.25) is 4.79 Å². The predicted octanol–water partition coefficient (Wildman–Crippen LogP) is 1.90. The summed E-state index contributed by atoms with van der Waals surface area (Å²) in [6.45, 7) is 2.39. The molecular formula is C15H15F3O9S. The van der Waals surface area contributed by atoms with E-state index in [9.17, 15) is 36.0 Å². The highest BCUT2D eigenvalue weighted by molar-refractivity contribution is 7.88. The van der Waals surface area contributed by atoms with Crippen LogP contribution in [0.5, 0.6) is 5.75 Å². The van der Waals surface area contributed by atoms with Gasteiger partial charge in [0.2, 0.25) is 0 Å². The molecule has 1 rings (SSSR count). The number of aliphatic carboxylic acids is 1. The smallest absolute Gasteiger partial charge is 0.481 e. The zero-order valence-electron chi connectivity index (χ0n) is 14.5. The molecule has 0 spiro atoms. The number of carboxylic acids is 1. The van der Waals surface area contributed by atoms with E-state index in [1.54, 1.807) is 0 Å².